The summed E-state index contributed by atoms with van der Waals surface area (Å²) in [5, 5.41) is 1.72. The number of hydrogen-bond donors (Lipinski definition) is 2. The first-order chi connectivity index (χ1) is 7.68. The van der Waals surface area contributed by atoms with Gasteiger partial charge in [-0.05, 0) is 34.5 Å². The van der Waals surface area contributed by atoms with E-state index in [2.05, 4.69) is 25.9 Å². The zero-order chi connectivity index (χ0) is 11.3. The Morgan fingerprint density at radius 3 is 2.88 bits per heavy atom. The van der Waals surface area contributed by atoms with Gasteiger partial charge in [0.2, 0.25) is 0 Å². The van der Waals surface area contributed by atoms with Crippen molar-refractivity contribution in [3.05, 3.63) is 44.8 Å². The van der Waals surface area contributed by atoms with Crippen LogP contribution in [0.4, 0.5) is 0 Å². The molecular formula is C12H9BrN2O. The minimum atomic E-state index is -0.0567. The van der Waals surface area contributed by atoms with Crippen molar-refractivity contribution in [2.75, 3.05) is 0 Å². The van der Waals surface area contributed by atoms with Crippen LogP contribution in [0.25, 0.3) is 21.8 Å². The molecule has 0 unspecified atom stereocenters. The summed E-state index contributed by atoms with van der Waals surface area (Å²) in [6.07, 6.45) is 1.66. The van der Waals surface area contributed by atoms with E-state index in [4.69, 9.17) is 0 Å². The highest BCUT2D eigenvalue weighted by molar-refractivity contribution is 9.10. The van der Waals surface area contributed by atoms with Gasteiger partial charge in [0, 0.05) is 17.1 Å². The fourth-order valence-electron chi connectivity index (χ4n) is 2.11. The van der Waals surface area contributed by atoms with Gasteiger partial charge in [-0.15, -0.1) is 0 Å². The largest absolute Gasteiger partial charge is 0.353 e. The molecule has 0 saturated heterocycles. The van der Waals surface area contributed by atoms with E-state index in [1.165, 1.54) is 0 Å². The van der Waals surface area contributed by atoms with Crippen molar-refractivity contribution < 1.29 is 0 Å². The Bertz CT molecular complexity index is 755. The summed E-state index contributed by atoms with van der Waals surface area (Å²) in [5.41, 5.74) is 2.89. The van der Waals surface area contributed by atoms with Crippen molar-refractivity contribution in [2.24, 2.45) is 0 Å². The maximum atomic E-state index is 11.9. The van der Waals surface area contributed by atoms with Crippen molar-refractivity contribution in [1.82, 2.24) is 9.97 Å². The molecule has 1 aromatic carbocycles. The van der Waals surface area contributed by atoms with Crippen LogP contribution in [0, 0.1) is 6.92 Å². The average molecular weight is 277 g/mol. The predicted molar refractivity (Wildman–Crippen MR) is 68.9 cm³/mol. The fraction of sp³-hybridized carbons (Fsp3) is 0.0833. The fourth-order valence-corrected chi connectivity index (χ4v) is 2.52. The molecule has 80 valence electrons. The second kappa shape index (κ2) is 3.22. The van der Waals surface area contributed by atoms with E-state index >= 15 is 0 Å². The van der Waals surface area contributed by atoms with Gasteiger partial charge in [0.25, 0.3) is 5.56 Å². The SMILES string of the molecule is Cc1cccc2[nH]c3c(Br)c[nH]c(=O)c3c12. The lowest BCUT2D eigenvalue weighted by Crippen LogP contribution is -2.04. The molecule has 2 aromatic heterocycles. The van der Waals surface area contributed by atoms with Crippen molar-refractivity contribution in [3.8, 4) is 0 Å². The molecule has 16 heavy (non-hydrogen) atoms. The van der Waals surface area contributed by atoms with Gasteiger partial charge in [-0.3, -0.25) is 4.79 Å². The number of pyridine rings is 1. The van der Waals surface area contributed by atoms with Gasteiger partial charge in [0.15, 0.2) is 0 Å². The molecule has 0 amide bonds. The third kappa shape index (κ3) is 1.16. The second-order valence-corrected chi connectivity index (χ2v) is 4.69. The van der Waals surface area contributed by atoms with Crippen molar-refractivity contribution in [3.63, 3.8) is 0 Å². The topological polar surface area (TPSA) is 48.6 Å². The second-order valence-electron chi connectivity index (χ2n) is 3.84. The number of rotatable bonds is 0. The van der Waals surface area contributed by atoms with Crippen molar-refractivity contribution >= 4 is 37.7 Å². The zero-order valence-electron chi connectivity index (χ0n) is 8.60. The molecule has 2 heterocycles. The standard InChI is InChI=1S/C12H9BrN2O/c1-6-3-2-4-8-9(6)10-11(15-8)7(13)5-14-12(10)16/h2-5,15H,1H3,(H,14,16). The van der Waals surface area contributed by atoms with E-state index in [1.807, 2.05) is 25.1 Å². The predicted octanol–water partition coefficient (Wildman–Crippen LogP) is 3.08. The van der Waals surface area contributed by atoms with Crippen LogP contribution >= 0.6 is 15.9 Å². The maximum absolute atomic E-state index is 11.9. The minimum absolute atomic E-state index is 0.0567. The molecule has 3 aromatic rings. The van der Waals surface area contributed by atoms with Gasteiger partial charge in [0.1, 0.15) is 0 Å². The summed E-state index contributed by atoms with van der Waals surface area (Å²) in [6, 6.07) is 5.97. The number of benzene rings is 1. The van der Waals surface area contributed by atoms with Crippen molar-refractivity contribution in [1.29, 1.82) is 0 Å². The van der Waals surface area contributed by atoms with E-state index < -0.39 is 0 Å². The highest BCUT2D eigenvalue weighted by atomic mass is 79.9. The zero-order valence-corrected chi connectivity index (χ0v) is 10.2. The van der Waals surface area contributed by atoms with Crippen LogP contribution in [0.1, 0.15) is 5.56 Å². The van der Waals surface area contributed by atoms with Gasteiger partial charge in [-0.2, -0.15) is 0 Å². The first-order valence-electron chi connectivity index (χ1n) is 4.96. The third-order valence-corrected chi connectivity index (χ3v) is 3.45. The number of fused-ring (bicyclic) bond motifs is 3. The Labute approximate surface area is 99.6 Å². The summed E-state index contributed by atoms with van der Waals surface area (Å²) in [6.45, 7) is 2.01. The van der Waals surface area contributed by atoms with Crippen molar-refractivity contribution in [2.45, 2.75) is 6.92 Å². The normalized spacial score (nSPS) is 11.4. The van der Waals surface area contributed by atoms with Crippen LogP contribution in [0.5, 0.6) is 0 Å². The summed E-state index contributed by atoms with van der Waals surface area (Å²) >= 11 is 3.43. The number of aryl methyl sites for hydroxylation is 1. The van der Waals surface area contributed by atoms with Crippen LogP contribution in [-0.2, 0) is 0 Å². The Balaban J connectivity index is 2.74. The van der Waals surface area contributed by atoms with Crippen LogP contribution in [0.15, 0.2) is 33.7 Å². The van der Waals surface area contributed by atoms with E-state index in [0.29, 0.717) is 0 Å². The quantitative estimate of drug-likeness (QED) is 0.651. The molecule has 0 aliphatic heterocycles. The lowest BCUT2D eigenvalue weighted by atomic mass is 10.1. The third-order valence-electron chi connectivity index (χ3n) is 2.83. The molecule has 4 heteroatoms. The Kier molecular flexibility index (Phi) is 1.94. The molecule has 0 aliphatic carbocycles. The molecule has 0 bridgehead atoms. The Morgan fingerprint density at radius 2 is 2.06 bits per heavy atom. The molecule has 0 spiro atoms. The molecule has 0 fully saturated rings. The Morgan fingerprint density at radius 1 is 1.25 bits per heavy atom. The first-order valence-corrected chi connectivity index (χ1v) is 5.76. The van der Waals surface area contributed by atoms with Gasteiger partial charge in [0.05, 0.1) is 15.4 Å². The highest BCUT2D eigenvalue weighted by Gasteiger charge is 2.11. The molecule has 0 atom stereocenters. The monoisotopic (exact) mass is 276 g/mol. The van der Waals surface area contributed by atoms with E-state index in [1.54, 1.807) is 6.20 Å². The van der Waals surface area contributed by atoms with E-state index in [9.17, 15) is 4.79 Å². The number of H-pyrrole nitrogens is 2. The molecule has 0 radical (unpaired) electrons. The van der Waals surface area contributed by atoms with Crippen LogP contribution in [0.2, 0.25) is 0 Å². The molecule has 3 rings (SSSR count). The van der Waals surface area contributed by atoms with Gasteiger partial charge in [-0.1, -0.05) is 12.1 Å². The van der Waals surface area contributed by atoms with Gasteiger partial charge < -0.3 is 9.97 Å². The van der Waals surface area contributed by atoms with Crippen LogP contribution in [-0.4, -0.2) is 9.97 Å². The van der Waals surface area contributed by atoms with Crippen LogP contribution in [0.3, 0.4) is 0 Å². The van der Waals surface area contributed by atoms with E-state index in [-0.39, 0.29) is 5.56 Å². The van der Waals surface area contributed by atoms with Crippen LogP contribution < -0.4 is 5.56 Å². The van der Waals surface area contributed by atoms with E-state index in [0.717, 1.165) is 31.8 Å². The molecule has 0 aliphatic rings. The summed E-state index contributed by atoms with van der Waals surface area (Å²) in [4.78, 5) is 17.8. The smallest absolute Gasteiger partial charge is 0.258 e. The molecule has 2 N–H and O–H groups in total. The molecular weight excluding hydrogens is 268 g/mol. The number of aromatic nitrogens is 2. The average Bonchev–Trinajstić information content (AvgIpc) is 2.65. The van der Waals surface area contributed by atoms with Gasteiger partial charge in [-0.25, -0.2) is 0 Å². The highest BCUT2D eigenvalue weighted by Crippen LogP contribution is 2.29. The summed E-state index contributed by atoms with van der Waals surface area (Å²) in [7, 11) is 0. The lowest BCUT2D eigenvalue weighted by molar-refractivity contribution is 1.26. The number of halogens is 1. The minimum Gasteiger partial charge on any atom is -0.353 e. The lowest BCUT2D eigenvalue weighted by Gasteiger charge is -1.95. The number of hydrogen-bond acceptors (Lipinski definition) is 1. The van der Waals surface area contributed by atoms with Gasteiger partial charge >= 0.3 is 0 Å². The Hall–Kier alpha value is -1.55. The molecule has 0 saturated carbocycles. The summed E-state index contributed by atoms with van der Waals surface area (Å²) in [5.74, 6) is 0. The first kappa shape index (κ1) is 9.66. The summed E-state index contributed by atoms with van der Waals surface area (Å²) < 4.78 is 0.873. The number of aromatic amines is 2. The maximum Gasteiger partial charge on any atom is 0.258 e. The number of nitrogens with one attached hydrogen (secondary N) is 2. The molecule has 3 nitrogen and oxygen atoms in total.